The van der Waals surface area contributed by atoms with Gasteiger partial charge in [0.1, 0.15) is 5.78 Å². The van der Waals surface area contributed by atoms with E-state index < -0.39 is 28.4 Å². The molecule has 1 spiro atoms. The van der Waals surface area contributed by atoms with Gasteiger partial charge in [-0.2, -0.15) is 0 Å². The Morgan fingerprint density at radius 1 is 0.982 bits per heavy atom. The number of carbonyl (C=O) groups excluding carboxylic acids is 1. The van der Waals surface area contributed by atoms with Crippen molar-refractivity contribution >= 4 is 5.78 Å². The Hall–Kier alpha value is -4.33. The molecule has 1 heterocycles. The van der Waals surface area contributed by atoms with Crippen molar-refractivity contribution in [1.82, 2.24) is 10.6 Å². The molecule has 9 heteroatoms. The van der Waals surface area contributed by atoms with Gasteiger partial charge in [-0.1, -0.05) is 60.7 Å². The van der Waals surface area contributed by atoms with Crippen LogP contribution in [0, 0.1) is 40.9 Å². The topological polar surface area (TPSA) is 152 Å². The number of phenolic OH excluding ortho intramolecular Hbond substituents is 3. The molecule has 1 aliphatic heterocycles. The first kappa shape index (κ1) is 36.3. The van der Waals surface area contributed by atoms with Crippen LogP contribution >= 0.6 is 0 Å². The van der Waals surface area contributed by atoms with Gasteiger partial charge in [0.15, 0.2) is 23.0 Å². The lowest BCUT2D eigenvalue weighted by molar-refractivity contribution is -0.231. The molecule has 2 saturated carbocycles. The molecular weight excluding hydrogens is 693 g/mol. The highest BCUT2D eigenvalue weighted by Crippen LogP contribution is 2.77. The predicted molar refractivity (Wildman–Crippen MR) is 208 cm³/mol. The number of nitrogens with one attached hydrogen (secondary N) is 2. The Kier molecular flexibility index (Phi) is 8.67. The summed E-state index contributed by atoms with van der Waals surface area (Å²) in [6.45, 7) is 0.913. The van der Waals surface area contributed by atoms with E-state index in [0.29, 0.717) is 37.1 Å². The molecule has 6 aliphatic rings. The summed E-state index contributed by atoms with van der Waals surface area (Å²) in [5.41, 5.74) is 1.30. The van der Waals surface area contributed by atoms with Crippen LogP contribution in [0.3, 0.4) is 0 Å². The third-order valence-electron chi connectivity index (χ3n) is 14.9. The summed E-state index contributed by atoms with van der Waals surface area (Å²) < 4.78 is 5.53. The van der Waals surface area contributed by atoms with Crippen molar-refractivity contribution < 1.29 is 35.1 Å². The number of aromatic hydroxyl groups is 3. The van der Waals surface area contributed by atoms with Crippen LogP contribution in [0.2, 0.25) is 0 Å². The lowest BCUT2D eigenvalue weighted by Crippen LogP contribution is -2.86. The fourth-order valence-corrected chi connectivity index (χ4v) is 13.2. The third kappa shape index (κ3) is 5.11. The number of allylic oxidation sites excluding steroid dienone is 1. The van der Waals surface area contributed by atoms with E-state index in [4.69, 9.17) is 4.74 Å². The second-order valence-corrected chi connectivity index (χ2v) is 17.4. The van der Waals surface area contributed by atoms with E-state index in [-0.39, 0.29) is 77.3 Å². The monoisotopic (exact) mass is 744 g/mol. The number of aliphatic hydroxyl groups excluding tert-OH is 1. The van der Waals surface area contributed by atoms with Crippen LogP contribution in [0.5, 0.6) is 23.0 Å². The van der Waals surface area contributed by atoms with Crippen molar-refractivity contribution in [2.75, 3.05) is 27.2 Å². The first-order valence-electron chi connectivity index (χ1n) is 20.0. The van der Waals surface area contributed by atoms with Gasteiger partial charge in [-0.15, -0.1) is 0 Å². The van der Waals surface area contributed by atoms with Crippen LogP contribution in [-0.4, -0.2) is 69.7 Å². The second-order valence-electron chi connectivity index (χ2n) is 17.4. The normalized spacial score (nSPS) is 36.8. The molecule has 3 aromatic rings. The van der Waals surface area contributed by atoms with Crippen LogP contribution < -0.4 is 15.4 Å². The first-order chi connectivity index (χ1) is 26.5. The number of fused-ring (bicyclic) bond motifs is 1. The minimum absolute atomic E-state index is 0.0499. The van der Waals surface area contributed by atoms with E-state index in [1.54, 1.807) is 18.2 Å². The van der Waals surface area contributed by atoms with Gasteiger partial charge in [0, 0.05) is 66.0 Å². The lowest BCUT2D eigenvalue weighted by atomic mass is 9.27. The maximum atomic E-state index is 14.9. The minimum atomic E-state index is -1.41. The van der Waals surface area contributed by atoms with Crippen molar-refractivity contribution in [1.29, 1.82) is 0 Å². The predicted octanol–water partition coefficient (Wildman–Crippen LogP) is 5.32. The first-order valence-corrected chi connectivity index (χ1v) is 20.0. The number of ketones is 1. The average molecular weight is 745 g/mol. The van der Waals surface area contributed by atoms with Crippen LogP contribution in [0.25, 0.3) is 0 Å². The van der Waals surface area contributed by atoms with Crippen LogP contribution in [-0.2, 0) is 23.2 Å². The summed E-state index contributed by atoms with van der Waals surface area (Å²) in [6, 6.07) is 16.9. The molecule has 0 unspecified atom stereocenters. The van der Waals surface area contributed by atoms with Crippen LogP contribution in [0.1, 0.15) is 84.6 Å². The lowest BCUT2D eigenvalue weighted by Gasteiger charge is -2.79. The summed E-state index contributed by atoms with van der Waals surface area (Å²) in [5, 5.41) is 64.6. The molecule has 0 radical (unpaired) electrons. The number of likely N-dealkylation sites (N-methyl/N-ethyl adjacent to an activating group) is 1. The maximum Gasteiger partial charge on any atom is 0.160 e. The Bertz CT molecular complexity index is 2130. The molecule has 9 rings (SSSR count). The zero-order valence-corrected chi connectivity index (χ0v) is 31.6. The number of phenols is 3. The van der Waals surface area contributed by atoms with Gasteiger partial charge in [-0.3, -0.25) is 4.79 Å². The van der Waals surface area contributed by atoms with Gasteiger partial charge in [0.25, 0.3) is 0 Å². The van der Waals surface area contributed by atoms with E-state index in [2.05, 4.69) is 46.8 Å². The molecule has 0 aromatic heterocycles. The molecule has 55 heavy (non-hydrogen) atoms. The second kappa shape index (κ2) is 13.1. The number of piperidine rings is 1. The van der Waals surface area contributed by atoms with Crippen molar-refractivity contribution in [3.05, 3.63) is 94.6 Å². The SMILES string of the molecule is CNC[C@@H]1C[C@]23C=C[C@H]4C[C@]5(O)CC(=O)C[C@@H](c6cc(OC)c(O)cc6CO)[C@@H](Cc6ccccc6)C#C[C@@H]6CN[C@@]4(CCC2)[C@@]3(c2cc(O)c(O)cc21)[C@@H]65. The highest BCUT2D eigenvalue weighted by molar-refractivity contribution is 5.81. The third-order valence-corrected chi connectivity index (χ3v) is 14.9. The summed E-state index contributed by atoms with van der Waals surface area (Å²) in [4.78, 5) is 14.9. The van der Waals surface area contributed by atoms with Crippen molar-refractivity contribution in [2.45, 2.75) is 86.4 Å². The van der Waals surface area contributed by atoms with Crippen molar-refractivity contribution in [2.24, 2.45) is 29.1 Å². The van der Waals surface area contributed by atoms with E-state index in [9.17, 15) is 30.3 Å². The smallest absolute Gasteiger partial charge is 0.160 e. The number of hydrogen-bond donors (Lipinski definition) is 7. The number of aliphatic hydroxyl groups is 2. The molecule has 7 N–H and O–H groups in total. The Labute approximate surface area is 322 Å². The number of rotatable bonds is 7. The Balaban J connectivity index is 1.29. The standard InChI is InChI=1S/C46H52N2O7/c1-47-24-31-21-43-12-6-13-45-32(11-14-43)22-44(54)23-33(50)17-34(35-19-41(55-2)40(53)16-30(35)26-49)28(15-27-7-4-3-5-8-27)9-10-29(25-48-45)42(44)46(43,45)37-20-39(52)38(51)18-36(31)37/h3-5,7-8,11,14,16,18-20,28-29,31-32,34,42,47-49,51-54H,6,12-13,15,17,21-26H2,1-2H3/t28-,29-,31+,32+,34-,42+,43-,44+,45-,46+/m1/s1. The number of benzene rings is 3. The van der Waals surface area contributed by atoms with Crippen LogP contribution in [0.4, 0.5) is 0 Å². The van der Waals surface area contributed by atoms with Gasteiger partial charge in [-0.25, -0.2) is 0 Å². The summed E-state index contributed by atoms with van der Waals surface area (Å²) in [6.07, 6.45) is 9.40. The quantitative estimate of drug-likeness (QED) is 0.0969. The Morgan fingerprint density at radius 2 is 1.78 bits per heavy atom. The minimum Gasteiger partial charge on any atom is -0.504 e. The molecule has 288 valence electrons. The Morgan fingerprint density at radius 3 is 2.55 bits per heavy atom. The van der Waals surface area contributed by atoms with E-state index in [0.717, 1.165) is 42.4 Å². The van der Waals surface area contributed by atoms with Gasteiger partial charge in [-0.05, 0) is 103 Å². The molecule has 10 atom stereocenters. The van der Waals surface area contributed by atoms with E-state index in [1.165, 1.54) is 13.2 Å². The highest BCUT2D eigenvalue weighted by atomic mass is 16.5. The summed E-state index contributed by atoms with van der Waals surface area (Å²) >= 11 is 0. The molecule has 5 aliphatic carbocycles. The molecule has 5 bridgehead atoms. The van der Waals surface area contributed by atoms with Crippen molar-refractivity contribution in [3.63, 3.8) is 0 Å². The van der Waals surface area contributed by atoms with E-state index in [1.807, 2.05) is 25.2 Å². The maximum absolute atomic E-state index is 14.9. The van der Waals surface area contributed by atoms with Gasteiger partial charge in [0.2, 0.25) is 0 Å². The summed E-state index contributed by atoms with van der Waals surface area (Å²) in [5.74, 6) is 5.72. The number of hydrogen-bond acceptors (Lipinski definition) is 9. The molecule has 3 aromatic carbocycles. The largest absolute Gasteiger partial charge is 0.504 e. The van der Waals surface area contributed by atoms with Gasteiger partial charge < -0.3 is 40.9 Å². The number of Topliss-reactive ketones (excluding diaryl/α,β-unsaturated/α-hetero) is 1. The molecule has 9 nitrogen and oxygen atoms in total. The van der Waals surface area contributed by atoms with E-state index >= 15 is 0 Å². The summed E-state index contributed by atoms with van der Waals surface area (Å²) in [7, 11) is 3.43. The number of carbonyl (C=O) groups is 1. The van der Waals surface area contributed by atoms with Crippen molar-refractivity contribution in [3.8, 4) is 34.8 Å². The van der Waals surface area contributed by atoms with Gasteiger partial charge >= 0.3 is 0 Å². The van der Waals surface area contributed by atoms with Crippen LogP contribution in [0.15, 0.2) is 66.7 Å². The molecule has 0 amide bonds. The number of ether oxygens (including phenoxy) is 1. The molecule has 3 fully saturated rings. The fourth-order valence-electron chi connectivity index (χ4n) is 13.2. The average Bonchev–Trinajstić information content (AvgIpc) is 3.16. The fraction of sp³-hybridized carbons (Fsp3) is 0.500. The molecular formula is C46H52N2O7. The zero-order chi connectivity index (χ0) is 38.3. The zero-order valence-electron chi connectivity index (χ0n) is 31.6. The molecule has 1 saturated heterocycles. The highest BCUT2D eigenvalue weighted by Gasteiger charge is 2.80. The van der Waals surface area contributed by atoms with Gasteiger partial charge in [0.05, 0.1) is 19.3 Å². The number of methoxy groups -OCH3 is 1.